The normalized spacial score (nSPS) is 11.0. The molecule has 0 atom stereocenters. The Morgan fingerprint density at radius 2 is 0.900 bits per heavy atom. The number of unbranched alkanes of at least 4 members (excludes halogenated alkanes) is 18. The molecule has 0 fully saturated rings. The number of ether oxygens (including phenoxy) is 1. The summed E-state index contributed by atoms with van der Waals surface area (Å²) in [5.74, 6) is -0.845. The fourth-order valence-corrected chi connectivity index (χ4v) is 3.81. The molecule has 4 nitrogen and oxygen atoms in total. The highest BCUT2D eigenvalue weighted by molar-refractivity contribution is 5.69. The van der Waals surface area contributed by atoms with E-state index in [4.69, 9.17) is 9.84 Å². The standard InChI is InChI=1S/C26H50O4/c1-2-3-4-5-6-7-8-9-10-11-12-13-14-15-18-21-24-30-26(29)23-20-17-16-19-22-25(27)28/h2-24H2,1H3,(H,27,28). The first-order valence-corrected chi connectivity index (χ1v) is 13.0. The van der Waals surface area contributed by atoms with Crippen molar-refractivity contribution in [2.45, 2.75) is 148 Å². The van der Waals surface area contributed by atoms with E-state index in [1.807, 2.05) is 0 Å². The van der Waals surface area contributed by atoms with Crippen molar-refractivity contribution in [3.63, 3.8) is 0 Å². The van der Waals surface area contributed by atoms with Gasteiger partial charge in [-0.25, -0.2) is 0 Å². The molecule has 0 rings (SSSR count). The van der Waals surface area contributed by atoms with E-state index < -0.39 is 5.97 Å². The van der Waals surface area contributed by atoms with E-state index in [9.17, 15) is 9.59 Å². The maximum Gasteiger partial charge on any atom is 0.305 e. The molecule has 0 aromatic carbocycles. The van der Waals surface area contributed by atoms with Crippen LogP contribution in [0.15, 0.2) is 0 Å². The van der Waals surface area contributed by atoms with Crippen molar-refractivity contribution in [3.05, 3.63) is 0 Å². The number of hydrogen-bond donors (Lipinski definition) is 1. The number of hydrogen-bond acceptors (Lipinski definition) is 3. The molecule has 0 aromatic rings. The molecule has 0 spiro atoms. The lowest BCUT2D eigenvalue weighted by molar-refractivity contribution is -0.144. The van der Waals surface area contributed by atoms with Gasteiger partial charge in [0.15, 0.2) is 0 Å². The molecule has 0 radical (unpaired) electrons. The summed E-state index contributed by atoms with van der Waals surface area (Å²) in [4.78, 5) is 22.0. The first-order valence-electron chi connectivity index (χ1n) is 13.0. The minimum absolute atomic E-state index is 0.103. The second-order valence-corrected chi connectivity index (χ2v) is 8.83. The van der Waals surface area contributed by atoms with Gasteiger partial charge >= 0.3 is 11.9 Å². The summed E-state index contributed by atoms with van der Waals surface area (Å²) < 4.78 is 5.27. The van der Waals surface area contributed by atoms with E-state index in [1.165, 1.54) is 89.9 Å². The Morgan fingerprint density at radius 3 is 1.33 bits per heavy atom. The quantitative estimate of drug-likeness (QED) is 0.125. The highest BCUT2D eigenvalue weighted by atomic mass is 16.5. The SMILES string of the molecule is CCCCCCCCCCCCCCCCCCOC(=O)CCCCCCC(=O)O. The van der Waals surface area contributed by atoms with Crippen LogP contribution in [0.2, 0.25) is 0 Å². The number of esters is 1. The molecular formula is C26H50O4. The highest BCUT2D eigenvalue weighted by Gasteiger charge is 2.03. The predicted molar refractivity (Wildman–Crippen MR) is 126 cm³/mol. The zero-order valence-corrected chi connectivity index (χ0v) is 19.9. The van der Waals surface area contributed by atoms with Crippen molar-refractivity contribution in [1.82, 2.24) is 0 Å². The Labute approximate surface area is 186 Å². The number of carboxylic acids is 1. The van der Waals surface area contributed by atoms with Gasteiger partial charge in [0, 0.05) is 12.8 Å². The van der Waals surface area contributed by atoms with E-state index in [0.717, 1.165) is 32.1 Å². The Kier molecular flexibility index (Phi) is 23.4. The van der Waals surface area contributed by atoms with Crippen LogP contribution in [0.4, 0.5) is 0 Å². The molecule has 0 aliphatic rings. The Hall–Kier alpha value is -1.06. The fraction of sp³-hybridized carbons (Fsp3) is 0.923. The highest BCUT2D eigenvalue weighted by Crippen LogP contribution is 2.14. The molecule has 0 bridgehead atoms. The Bertz CT molecular complexity index is 381. The van der Waals surface area contributed by atoms with Crippen molar-refractivity contribution >= 4 is 11.9 Å². The van der Waals surface area contributed by atoms with Crippen LogP contribution in [-0.4, -0.2) is 23.7 Å². The largest absolute Gasteiger partial charge is 0.481 e. The topological polar surface area (TPSA) is 63.6 Å². The molecule has 0 aromatic heterocycles. The summed E-state index contributed by atoms with van der Waals surface area (Å²) in [6, 6.07) is 0. The van der Waals surface area contributed by atoms with Gasteiger partial charge < -0.3 is 9.84 Å². The number of rotatable bonds is 24. The van der Waals surface area contributed by atoms with E-state index in [-0.39, 0.29) is 12.4 Å². The van der Waals surface area contributed by atoms with Crippen LogP contribution in [0.3, 0.4) is 0 Å². The maximum absolute atomic E-state index is 11.6. The van der Waals surface area contributed by atoms with E-state index in [1.54, 1.807) is 0 Å². The van der Waals surface area contributed by atoms with Crippen LogP contribution < -0.4 is 0 Å². The van der Waals surface area contributed by atoms with Crippen LogP contribution in [0.5, 0.6) is 0 Å². The Morgan fingerprint density at radius 1 is 0.533 bits per heavy atom. The lowest BCUT2D eigenvalue weighted by Crippen LogP contribution is -2.05. The third-order valence-corrected chi connectivity index (χ3v) is 5.78. The summed E-state index contributed by atoms with van der Waals surface area (Å²) in [5, 5.41) is 8.56. The first-order chi connectivity index (χ1) is 14.7. The van der Waals surface area contributed by atoms with Gasteiger partial charge in [-0.1, -0.05) is 116 Å². The number of carbonyl (C=O) groups excluding carboxylic acids is 1. The monoisotopic (exact) mass is 426 g/mol. The van der Waals surface area contributed by atoms with Crippen LogP contribution in [0, 0.1) is 0 Å². The molecule has 0 saturated heterocycles. The predicted octanol–water partition coefficient (Wildman–Crippen LogP) is 8.22. The van der Waals surface area contributed by atoms with E-state index in [2.05, 4.69) is 6.92 Å². The van der Waals surface area contributed by atoms with Crippen LogP contribution in [-0.2, 0) is 14.3 Å². The van der Waals surface area contributed by atoms with Crippen molar-refractivity contribution < 1.29 is 19.4 Å². The van der Waals surface area contributed by atoms with Crippen molar-refractivity contribution in [2.24, 2.45) is 0 Å². The molecule has 1 N–H and O–H groups in total. The molecule has 0 saturated carbocycles. The van der Waals surface area contributed by atoms with Gasteiger partial charge in [0.1, 0.15) is 0 Å². The summed E-state index contributed by atoms with van der Waals surface area (Å²) in [6.45, 7) is 2.83. The summed E-state index contributed by atoms with van der Waals surface area (Å²) in [5.41, 5.74) is 0. The van der Waals surface area contributed by atoms with Crippen LogP contribution >= 0.6 is 0 Å². The minimum Gasteiger partial charge on any atom is -0.481 e. The lowest BCUT2D eigenvalue weighted by Gasteiger charge is -2.05. The Balaban J connectivity index is 3.13. The molecule has 0 aliphatic carbocycles. The zero-order chi connectivity index (χ0) is 22.1. The molecule has 0 heterocycles. The smallest absolute Gasteiger partial charge is 0.305 e. The summed E-state index contributed by atoms with van der Waals surface area (Å²) >= 11 is 0. The molecule has 0 amide bonds. The fourth-order valence-electron chi connectivity index (χ4n) is 3.81. The van der Waals surface area contributed by atoms with Gasteiger partial charge in [0.25, 0.3) is 0 Å². The lowest BCUT2D eigenvalue weighted by atomic mass is 10.0. The second-order valence-electron chi connectivity index (χ2n) is 8.83. The van der Waals surface area contributed by atoms with E-state index >= 15 is 0 Å². The molecular weight excluding hydrogens is 376 g/mol. The van der Waals surface area contributed by atoms with Gasteiger partial charge in [-0.05, 0) is 19.3 Å². The van der Waals surface area contributed by atoms with Gasteiger partial charge in [0.2, 0.25) is 0 Å². The minimum atomic E-state index is -0.742. The van der Waals surface area contributed by atoms with Gasteiger partial charge in [-0.15, -0.1) is 0 Å². The summed E-state index contributed by atoms with van der Waals surface area (Å²) in [7, 11) is 0. The summed E-state index contributed by atoms with van der Waals surface area (Å²) in [6.07, 6.45) is 25.5. The molecule has 30 heavy (non-hydrogen) atoms. The maximum atomic E-state index is 11.6. The number of carbonyl (C=O) groups is 2. The zero-order valence-electron chi connectivity index (χ0n) is 19.9. The molecule has 4 heteroatoms. The first kappa shape index (κ1) is 28.9. The van der Waals surface area contributed by atoms with Gasteiger partial charge in [-0.3, -0.25) is 9.59 Å². The van der Waals surface area contributed by atoms with Crippen molar-refractivity contribution in [3.8, 4) is 0 Å². The van der Waals surface area contributed by atoms with Crippen molar-refractivity contribution in [2.75, 3.05) is 6.61 Å². The van der Waals surface area contributed by atoms with Gasteiger partial charge in [-0.2, -0.15) is 0 Å². The average Bonchev–Trinajstić information content (AvgIpc) is 2.72. The number of aliphatic carboxylic acids is 1. The third kappa shape index (κ3) is 25.0. The van der Waals surface area contributed by atoms with E-state index in [0.29, 0.717) is 19.4 Å². The van der Waals surface area contributed by atoms with Crippen molar-refractivity contribution in [1.29, 1.82) is 0 Å². The van der Waals surface area contributed by atoms with Crippen LogP contribution in [0.25, 0.3) is 0 Å². The van der Waals surface area contributed by atoms with Crippen LogP contribution in [0.1, 0.15) is 148 Å². The third-order valence-electron chi connectivity index (χ3n) is 5.78. The molecule has 0 unspecified atom stereocenters. The van der Waals surface area contributed by atoms with Gasteiger partial charge in [0.05, 0.1) is 6.61 Å². The second kappa shape index (κ2) is 24.2. The molecule has 0 aliphatic heterocycles. The molecule has 178 valence electrons. The average molecular weight is 427 g/mol. The number of carboxylic acid groups (broad SMARTS) is 1.